The second-order valence-electron chi connectivity index (χ2n) is 4.36. The van der Waals surface area contributed by atoms with E-state index in [2.05, 4.69) is 0 Å². The van der Waals surface area contributed by atoms with Crippen molar-refractivity contribution in [2.24, 2.45) is 0 Å². The maximum Gasteiger partial charge on any atom is 0.161 e. The predicted molar refractivity (Wildman–Crippen MR) is 68.7 cm³/mol. The van der Waals surface area contributed by atoms with E-state index in [0.717, 1.165) is 5.56 Å². The van der Waals surface area contributed by atoms with Gasteiger partial charge in [-0.2, -0.15) is 0 Å². The molecule has 98 valence electrons. The van der Waals surface area contributed by atoms with E-state index in [0.29, 0.717) is 35.8 Å². The van der Waals surface area contributed by atoms with Crippen molar-refractivity contribution in [1.82, 2.24) is 0 Å². The zero-order valence-corrected chi connectivity index (χ0v) is 10.2. The van der Waals surface area contributed by atoms with Gasteiger partial charge < -0.3 is 14.6 Å². The highest BCUT2D eigenvalue weighted by molar-refractivity contribution is 5.68. The third-order valence-electron chi connectivity index (χ3n) is 3.02. The van der Waals surface area contributed by atoms with E-state index in [9.17, 15) is 4.39 Å². The minimum Gasteiger partial charge on any atom is -0.486 e. The molecule has 2 aromatic rings. The average Bonchev–Trinajstić information content (AvgIpc) is 2.46. The Bertz CT molecular complexity index is 610. The van der Waals surface area contributed by atoms with E-state index in [1.807, 2.05) is 18.2 Å². The van der Waals surface area contributed by atoms with E-state index in [4.69, 9.17) is 14.6 Å². The summed E-state index contributed by atoms with van der Waals surface area (Å²) in [5, 5.41) is 9.11. The van der Waals surface area contributed by atoms with Crippen LogP contribution < -0.4 is 9.47 Å². The van der Waals surface area contributed by atoms with Crippen LogP contribution in [0.2, 0.25) is 0 Å². The highest BCUT2D eigenvalue weighted by atomic mass is 19.1. The number of benzene rings is 2. The van der Waals surface area contributed by atoms with E-state index < -0.39 is 0 Å². The summed E-state index contributed by atoms with van der Waals surface area (Å²) in [5.74, 6) is 1.00. The van der Waals surface area contributed by atoms with Crippen LogP contribution in [0.4, 0.5) is 4.39 Å². The number of halogens is 1. The predicted octanol–water partition coefficient (Wildman–Crippen LogP) is 2.76. The van der Waals surface area contributed by atoms with Crippen LogP contribution >= 0.6 is 0 Å². The molecule has 19 heavy (non-hydrogen) atoms. The van der Waals surface area contributed by atoms with Crippen molar-refractivity contribution in [2.45, 2.75) is 6.61 Å². The molecule has 0 atom stereocenters. The van der Waals surface area contributed by atoms with Crippen LogP contribution in [-0.2, 0) is 6.61 Å². The zero-order chi connectivity index (χ0) is 13.2. The van der Waals surface area contributed by atoms with Crippen molar-refractivity contribution >= 4 is 0 Å². The number of rotatable bonds is 2. The standard InChI is InChI=1S/C15H13FO3/c16-13-6-10(9-17)5-12(7-13)11-1-2-14-15(8-11)19-4-3-18-14/h1-2,5-8,17H,3-4,9H2. The van der Waals surface area contributed by atoms with Crippen molar-refractivity contribution in [3.8, 4) is 22.6 Å². The van der Waals surface area contributed by atoms with Crippen LogP contribution in [0, 0.1) is 5.82 Å². The minimum atomic E-state index is -0.364. The van der Waals surface area contributed by atoms with Gasteiger partial charge in [-0.15, -0.1) is 0 Å². The summed E-state index contributed by atoms with van der Waals surface area (Å²) in [6.07, 6.45) is 0. The zero-order valence-electron chi connectivity index (χ0n) is 10.2. The molecule has 3 nitrogen and oxygen atoms in total. The molecule has 3 rings (SSSR count). The molecule has 1 N–H and O–H groups in total. The molecule has 1 aliphatic heterocycles. The van der Waals surface area contributed by atoms with Gasteiger partial charge in [-0.25, -0.2) is 4.39 Å². The van der Waals surface area contributed by atoms with Crippen LogP contribution in [0.5, 0.6) is 11.5 Å². The molecule has 1 heterocycles. The van der Waals surface area contributed by atoms with Gasteiger partial charge in [0, 0.05) is 0 Å². The molecule has 1 aliphatic rings. The van der Waals surface area contributed by atoms with Gasteiger partial charge >= 0.3 is 0 Å². The Labute approximate surface area is 110 Å². The highest BCUT2D eigenvalue weighted by Crippen LogP contribution is 2.34. The molecule has 0 aliphatic carbocycles. The smallest absolute Gasteiger partial charge is 0.161 e. The largest absolute Gasteiger partial charge is 0.486 e. The topological polar surface area (TPSA) is 38.7 Å². The van der Waals surface area contributed by atoms with Gasteiger partial charge in [-0.05, 0) is 47.0 Å². The number of aliphatic hydroxyl groups is 1. The van der Waals surface area contributed by atoms with E-state index in [1.54, 1.807) is 6.07 Å². The second-order valence-corrected chi connectivity index (χ2v) is 4.36. The monoisotopic (exact) mass is 260 g/mol. The first-order valence-corrected chi connectivity index (χ1v) is 6.06. The fourth-order valence-corrected chi connectivity index (χ4v) is 2.13. The van der Waals surface area contributed by atoms with Crippen LogP contribution in [0.3, 0.4) is 0 Å². The maximum atomic E-state index is 13.5. The molecule has 0 radical (unpaired) electrons. The van der Waals surface area contributed by atoms with E-state index in [1.165, 1.54) is 12.1 Å². The van der Waals surface area contributed by atoms with Crippen LogP contribution in [0.25, 0.3) is 11.1 Å². The van der Waals surface area contributed by atoms with Gasteiger partial charge in [0.15, 0.2) is 11.5 Å². The summed E-state index contributed by atoms with van der Waals surface area (Å²) in [7, 11) is 0. The summed E-state index contributed by atoms with van der Waals surface area (Å²) in [5.41, 5.74) is 2.09. The van der Waals surface area contributed by atoms with Gasteiger partial charge in [0.05, 0.1) is 6.61 Å². The van der Waals surface area contributed by atoms with Crippen molar-refractivity contribution in [3.63, 3.8) is 0 Å². The molecular weight excluding hydrogens is 247 g/mol. The molecule has 0 fully saturated rings. The Morgan fingerprint density at radius 2 is 1.74 bits per heavy atom. The summed E-state index contributed by atoms with van der Waals surface area (Å²) >= 11 is 0. The maximum absolute atomic E-state index is 13.5. The van der Waals surface area contributed by atoms with Gasteiger partial charge in [0.25, 0.3) is 0 Å². The minimum absolute atomic E-state index is 0.185. The first-order valence-electron chi connectivity index (χ1n) is 6.06. The van der Waals surface area contributed by atoms with Gasteiger partial charge in [0.2, 0.25) is 0 Å². The van der Waals surface area contributed by atoms with Gasteiger partial charge in [0.1, 0.15) is 19.0 Å². The molecule has 0 amide bonds. The molecule has 0 saturated carbocycles. The highest BCUT2D eigenvalue weighted by Gasteiger charge is 2.13. The average molecular weight is 260 g/mol. The van der Waals surface area contributed by atoms with Crippen molar-refractivity contribution < 1.29 is 19.0 Å². The fourth-order valence-electron chi connectivity index (χ4n) is 2.13. The third-order valence-corrected chi connectivity index (χ3v) is 3.02. The number of fused-ring (bicyclic) bond motifs is 1. The van der Waals surface area contributed by atoms with Crippen molar-refractivity contribution in [2.75, 3.05) is 13.2 Å². The number of aliphatic hydroxyl groups excluding tert-OH is 1. The Morgan fingerprint density at radius 1 is 0.947 bits per heavy atom. The third kappa shape index (κ3) is 2.39. The fraction of sp³-hybridized carbons (Fsp3) is 0.200. The Balaban J connectivity index is 2.04. The SMILES string of the molecule is OCc1cc(F)cc(-c2ccc3c(c2)OCCO3)c1. The number of ether oxygens (including phenoxy) is 2. The number of hydrogen-bond donors (Lipinski definition) is 1. The normalized spacial score (nSPS) is 13.4. The van der Waals surface area contributed by atoms with E-state index >= 15 is 0 Å². The van der Waals surface area contributed by atoms with Crippen LogP contribution in [0.15, 0.2) is 36.4 Å². The number of hydrogen-bond acceptors (Lipinski definition) is 3. The Morgan fingerprint density at radius 3 is 2.53 bits per heavy atom. The van der Waals surface area contributed by atoms with Gasteiger partial charge in [-0.1, -0.05) is 6.07 Å². The lowest BCUT2D eigenvalue weighted by molar-refractivity contribution is 0.171. The molecular formula is C15H13FO3. The lowest BCUT2D eigenvalue weighted by Gasteiger charge is -2.19. The van der Waals surface area contributed by atoms with E-state index in [-0.39, 0.29) is 12.4 Å². The van der Waals surface area contributed by atoms with Gasteiger partial charge in [-0.3, -0.25) is 0 Å². The summed E-state index contributed by atoms with van der Waals surface area (Å²) < 4.78 is 24.4. The molecule has 0 unspecified atom stereocenters. The summed E-state index contributed by atoms with van der Waals surface area (Å²) in [6, 6.07) is 10.0. The molecule has 0 bridgehead atoms. The quantitative estimate of drug-likeness (QED) is 0.902. The van der Waals surface area contributed by atoms with Crippen LogP contribution in [-0.4, -0.2) is 18.3 Å². The molecule has 2 aromatic carbocycles. The molecule has 4 heteroatoms. The summed E-state index contributed by atoms with van der Waals surface area (Å²) in [4.78, 5) is 0. The summed E-state index contributed by atoms with van der Waals surface area (Å²) in [6.45, 7) is 0.873. The first kappa shape index (κ1) is 12.0. The first-order chi connectivity index (χ1) is 9.26. The molecule has 0 spiro atoms. The molecule has 0 aromatic heterocycles. The van der Waals surface area contributed by atoms with Crippen molar-refractivity contribution in [1.29, 1.82) is 0 Å². The Hall–Kier alpha value is -2.07. The van der Waals surface area contributed by atoms with Crippen LogP contribution in [0.1, 0.15) is 5.56 Å². The second kappa shape index (κ2) is 4.90. The van der Waals surface area contributed by atoms with Crippen molar-refractivity contribution in [3.05, 3.63) is 47.8 Å². The molecule has 0 saturated heterocycles. The lowest BCUT2D eigenvalue weighted by atomic mass is 10.0. The Kier molecular flexibility index (Phi) is 3.09. The lowest BCUT2D eigenvalue weighted by Crippen LogP contribution is -2.15.